The minimum Gasteiger partial charge on any atom is -0.379 e. The van der Waals surface area contributed by atoms with Crippen LogP contribution in [0.2, 0.25) is 0 Å². The van der Waals surface area contributed by atoms with Crippen LogP contribution in [0.4, 0.5) is 10.1 Å². The number of imidazole rings is 1. The molecule has 5 nitrogen and oxygen atoms in total. The van der Waals surface area contributed by atoms with E-state index < -0.39 is 0 Å². The van der Waals surface area contributed by atoms with Crippen molar-refractivity contribution >= 4 is 32.5 Å². The van der Waals surface area contributed by atoms with Gasteiger partial charge in [0, 0.05) is 41.8 Å². The molecule has 118 valence electrons. The molecule has 3 heterocycles. The van der Waals surface area contributed by atoms with Crippen molar-refractivity contribution < 1.29 is 4.39 Å². The molecule has 0 fully saturated rings. The number of halogens is 2. The molecular formula is C16H15BrFN5. The van der Waals surface area contributed by atoms with E-state index >= 15 is 0 Å². The Labute approximate surface area is 141 Å². The van der Waals surface area contributed by atoms with Crippen molar-refractivity contribution in [1.82, 2.24) is 19.9 Å². The molecule has 0 saturated carbocycles. The first-order valence-electron chi connectivity index (χ1n) is 7.42. The molecule has 23 heavy (non-hydrogen) atoms. The smallest absolute Gasteiger partial charge is 0.134 e. The molecule has 1 aromatic carbocycles. The minimum atomic E-state index is -0.274. The molecule has 0 saturated heterocycles. The first-order valence-corrected chi connectivity index (χ1v) is 8.21. The first-order chi connectivity index (χ1) is 11.2. The number of nitrogens with one attached hydrogen (secondary N) is 2. The number of anilines is 1. The van der Waals surface area contributed by atoms with Gasteiger partial charge >= 0.3 is 0 Å². The van der Waals surface area contributed by atoms with E-state index in [4.69, 9.17) is 0 Å². The zero-order chi connectivity index (χ0) is 15.8. The van der Waals surface area contributed by atoms with Crippen LogP contribution in [-0.2, 0) is 13.1 Å². The Balaban J connectivity index is 1.69. The highest BCUT2D eigenvalue weighted by Gasteiger charge is 2.18. The lowest BCUT2D eigenvalue weighted by atomic mass is 10.1. The van der Waals surface area contributed by atoms with Gasteiger partial charge in [0.1, 0.15) is 11.6 Å². The van der Waals surface area contributed by atoms with Crippen molar-refractivity contribution in [1.29, 1.82) is 0 Å². The number of fused-ring (bicyclic) bond motifs is 2. The van der Waals surface area contributed by atoms with Gasteiger partial charge in [-0.15, -0.1) is 0 Å². The quantitative estimate of drug-likeness (QED) is 0.722. The van der Waals surface area contributed by atoms with Gasteiger partial charge in [0.15, 0.2) is 0 Å². The van der Waals surface area contributed by atoms with E-state index in [-0.39, 0.29) is 11.9 Å². The van der Waals surface area contributed by atoms with Gasteiger partial charge < -0.3 is 15.2 Å². The van der Waals surface area contributed by atoms with E-state index in [9.17, 15) is 4.39 Å². The zero-order valence-electron chi connectivity index (χ0n) is 12.3. The Morgan fingerprint density at radius 3 is 3.09 bits per heavy atom. The molecule has 4 rings (SSSR count). The fourth-order valence-corrected chi connectivity index (χ4v) is 3.40. The average molecular weight is 376 g/mol. The Hall–Kier alpha value is -1.99. The maximum absolute atomic E-state index is 14.3. The van der Waals surface area contributed by atoms with Crippen molar-refractivity contribution in [2.45, 2.75) is 19.1 Å². The summed E-state index contributed by atoms with van der Waals surface area (Å²) in [6, 6.07) is 5.09. The lowest BCUT2D eigenvalue weighted by molar-refractivity contribution is 0.580. The van der Waals surface area contributed by atoms with Crippen molar-refractivity contribution in [3.05, 3.63) is 52.9 Å². The highest BCUT2D eigenvalue weighted by molar-refractivity contribution is 9.10. The van der Waals surface area contributed by atoms with Gasteiger partial charge in [-0.2, -0.15) is 0 Å². The van der Waals surface area contributed by atoms with E-state index in [0.29, 0.717) is 10.9 Å². The standard InChI is InChI=1S/C16H15BrFN5/c17-11-1-2-12(18)15-13(3-4-21-16(11)15)22-10-7-19-8-14-20-5-6-23(14)9-10/h1-6,10,19H,7-9H2,(H,21,22). The molecule has 0 bridgehead atoms. The molecule has 2 aromatic heterocycles. The van der Waals surface area contributed by atoms with Crippen LogP contribution >= 0.6 is 15.9 Å². The number of aromatic nitrogens is 3. The number of hydrogen-bond acceptors (Lipinski definition) is 4. The molecule has 3 aromatic rings. The van der Waals surface area contributed by atoms with Crippen LogP contribution in [0.5, 0.6) is 0 Å². The number of rotatable bonds is 2. The Morgan fingerprint density at radius 2 is 2.17 bits per heavy atom. The molecule has 0 amide bonds. The molecule has 1 aliphatic rings. The van der Waals surface area contributed by atoms with Crippen LogP contribution in [0.25, 0.3) is 10.9 Å². The predicted molar refractivity (Wildman–Crippen MR) is 90.7 cm³/mol. The zero-order valence-corrected chi connectivity index (χ0v) is 13.8. The van der Waals surface area contributed by atoms with Crippen LogP contribution in [-0.4, -0.2) is 27.1 Å². The molecule has 1 atom stereocenters. The van der Waals surface area contributed by atoms with Crippen LogP contribution in [0.1, 0.15) is 5.82 Å². The Bertz CT molecular complexity index is 863. The summed E-state index contributed by atoms with van der Waals surface area (Å²) in [5.74, 6) is 0.742. The monoisotopic (exact) mass is 375 g/mol. The topological polar surface area (TPSA) is 54.8 Å². The van der Waals surface area contributed by atoms with E-state index in [1.165, 1.54) is 6.07 Å². The summed E-state index contributed by atoms with van der Waals surface area (Å²) in [4.78, 5) is 8.61. The van der Waals surface area contributed by atoms with Gasteiger partial charge in [-0.05, 0) is 34.1 Å². The number of hydrogen-bond donors (Lipinski definition) is 2. The van der Waals surface area contributed by atoms with Gasteiger partial charge in [-0.3, -0.25) is 4.98 Å². The van der Waals surface area contributed by atoms with Gasteiger partial charge in [-0.25, -0.2) is 9.37 Å². The fraction of sp³-hybridized carbons (Fsp3) is 0.250. The second kappa shape index (κ2) is 5.90. The highest BCUT2D eigenvalue weighted by atomic mass is 79.9. The van der Waals surface area contributed by atoms with Gasteiger partial charge in [0.2, 0.25) is 0 Å². The summed E-state index contributed by atoms with van der Waals surface area (Å²) in [7, 11) is 0. The lowest BCUT2D eigenvalue weighted by Crippen LogP contribution is -2.33. The maximum Gasteiger partial charge on any atom is 0.134 e. The molecular weight excluding hydrogens is 361 g/mol. The Morgan fingerprint density at radius 1 is 1.26 bits per heavy atom. The third-order valence-electron chi connectivity index (χ3n) is 4.04. The van der Waals surface area contributed by atoms with Crippen molar-refractivity contribution in [2.24, 2.45) is 0 Å². The van der Waals surface area contributed by atoms with Crippen molar-refractivity contribution in [3.8, 4) is 0 Å². The van der Waals surface area contributed by atoms with Gasteiger partial charge in [0.05, 0.1) is 23.5 Å². The van der Waals surface area contributed by atoms with Crippen LogP contribution in [0.15, 0.2) is 41.3 Å². The summed E-state index contributed by atoms with van der Waals surface area (Å²) in [5.41, 5.74) is 1.38. The van der Waals surface area contributed by atoms with Gasteiger partial charge in [-0.1, -0.05) is 0 Å². The van der Waals surface area contributed by atoms with E-state index in [2.05, 4.69) is 41.1 Å². The summed E-state index contributed by atoms with van der Waals surface area (Å²) in [6.07, 6.45) is 5.47. The Kier molecular flexibility index (Phi) is 3.74. The van der Waals surface area contributed by atoms with E-state index in [1.807, 2.05) is 12.3 Å². The number of pyridine rings is 1. The SMILES string of the molecule is Fc1ccc(Br)c2nccc(NC3CNCc4nccn4C3)c12. The largest absolute Gasteiger partial charge is 0.379 e. The predicted octanol–water partition coefficient (Wildman–Crippen LogP) is 2.92. The van der Waals surface area contributed by atoms with E-state index in [0.717, 1.165) is 35.6 Å². The second-order valence-electron chi connectivity index (χ2n) is 5.58. The molecule has 1 unspecified atom stereocenters. The summed E-state index contributed by atoms with van der Waals surface area (Å²) in [6.45, 7) is 2.30. The van der Waals surface area contributed by atoms with Crippen LogP contribution in [0, 0.1) is 5.82 Å². The van der Waals surface area contributed by atoms with Crippen LogP contribution in [0.3, 0.4) is 0 Å². The number of nitrogens with zero attached hydrogens (tertiary/aromatic N) is 3. The number of benzene rings is 1. The van der Waals surface area contributed by atoms with Crippen LogP contribution < -0.4 is 10.6 Å². The minimum absolute atomic E-state index is 0.134. The summed E-state index contributed by atoms with van der Waals surface area (Å²) in [5, 5.41) is 7.33. The molecule has 0 radical (unpaired) electrons. The molecule has 1 aliphatic heterocycles. The van der Waals surface area contributed by atoms with Gasteiger partial charge in [0.25, 0.3) is 0 Å². The van der Waals surface area contributed by atoms with Crippen molar-refractivity contribution in [2.75, 3.05) is 11.9 Å². The highest BCUT2D eigenvalue weighted by Crippen LogP contribution is 2.30. The fourth-order valence-electron chi connectivity index (χ4n) is 2.96. The molecule has 7 heteroatoms. The third kappa shape index (κ3) is 2.70. The maximum atomic E-state index is 14.3. The molecule has 2 N–H and O–H groups in total. The first kappa shape index (κ1) is 14.6. The summed E-state index contributed by atoms with van der Waals surface area (Å²) < 4.78 is 17.2. The average Bonchev–Trinajstić information content (AvgIpc) is 2.90. The second-order valence-corrected chi connectivity index (χ2v) is 6.43. The summed E-state index contributed by atoms with van der Waals surface area (Å²) >= 11 is 3.44. The van der Waals surface area contributed by atoms with E-state index in [1.54, 1.807) is 18.5 Å². The molecule has 0 spiro atoms. The van der Waals surface area contributed by atoms with Crippen molar-refractivity contribution in [3.63, 3.8) is 0 Å². The lowest BCUT2D eigenvalue weighted by Gasteiger charge is -2.20. The normalized spacial score (nSPS) is 17.7. The molecule has 0 aliphatic carbocycles. The third-order valence-corrected chi connectivity index (χ3v) is 4.68.